The van der Waals surface area contributed by atoms with E-state index in [-0.39, 0.29) is 102 Å². The molecule has 0 bridgehead atoms. The molecule has 0 radical (unpaired) electrons. The summed E-state index contributed by atoms with van der Waals surface area (Å²) in [6, 6.07) is 16.0. The molecular formula is C59H69N5O15S2Si. The van der Waals surface area contributed by atoms with Crippen molar-refractivity contribution >= 4 is 74.8 Å². The lowest BCUT2D eigenvalue weighted by Crippen LogP contribution is -2.63. The minimum Gasteiger partial charge on any atom is -0.491 e. The molecule has 3 fully saturated rings. The summed E-state index contributed by atoms with van der Waals surface area (Å²) in [4.78, 5) is 77.0. The Balaban J connectivity index is 1.27. The number of sulfonamides is 1. The normalized spacial score (nSPS) is 24.5. The lowest BCUT2D eigenvalue weighted by Gasteiger charge is -2.55. The Hall–Kier alpha value is -6.79. The number of nitro groups is 1. The van der Waals surface area contributed by atoms with E-state index in [0.717, 1.165) is 34.5 Å². The number of aliphatic imine (C=N–C) groups is 1. The van der Waals surface area contributed by atoms with Crippen LogP contribution in [0.25, 0.3) is 0 Å². The van der Waals surface area contributed by atoms with E-state index in [1.807, 2.05) is 12.1 Å². The fourth-order valence-corrected chi connectivity index (χ4v) is 17.3. The van der Waals surface area contributed by atoms with Crippen LogP contribution in [0.2, 0.25) is 25.7 Å². The smallest absolute Gasteiger partial charge is 0.339 e. The van der Waals surface area contributed by atoms with E-state index in [1.54, 1.807) is 49.9 Å². The van der Waals surface area contributed by atoms with E-state index in [4.69, 9.17) is 28.1 Å². The number of anilines is 1. The highest BCUT2D eigenvalue weighted by Gasteiger charge is 2.69. The molecule has 1 spiro atoms. The van der Waals surface area contributed by atoms with Crippen LogP contribution in [-0.4, -0.2) is 127 Å². The van der Waals surface area contributed by atoms with Gasteiger partial charge >= 0.3 is 28.0 Å². The van der Waals surface area contributed by atoms with Crippen LogP contribution in [0.1, 0.15) is 93.9 Å². The van der Waals surface area contributed by atoms with Crippen LogP contribution in [0.4, 0.5) is 17.1 Å². The van der Waals surface area contributed by atoms with E-state index in [1.165, 1.54) is 44.6 Å². The van der Waals surface area contributed by atoms with Crippen LogP contribution in [0, 0.1) is 22.5 Å². The molecule has 0 N–H and O–H groups in total. The molecule has 6 atom stereocenters. The minimum atomic E-state index is -4.87. The number of aryl methyl sites for hydroxylation is 1. The zero-order chi connectivity index (χ0) is 58.9. The van der Waals surface area contributed by atoms with Crippen molar-refractivity contribution in [3.05, 3.63) is 117 Å². The number of carbonyl (C=O) groups excluding carboxylic acids is 4. The Morgan fingerprint density at radius 1 is 0.841 bits per heavy atom. The van der Waals surface area contributed by atoms with Crippen LogP contribution in [-0.2, 0) is 59.6 Å². The zero-order valence-corrected chi connectivity index (χ0v) is 50.0. The van der Waals surface area contributed by atoms with E-state index in [0.29, 0.717) is 49.4 Å². The first-order chi connectivity index (χ1) is 38.9. The molecule has 1 amide bonds. The molecule has 6 aliphatic rings. The van der Waals surface area contributed by atoms with Crippen molar-refractivity contribution in [2.24, 2.45) is 10.4 Å². The van der Waals surface area contributed by atoms with Crippen molar-refractivity contribution in [2.75, 3.05) is 45.4 Å². The number of rotatable bonds is 19. The maximum absolute atomic E-state index is 15.4. The van der Waals surface area contributed by atoms with Crippen LogP contribution in [0.15, 0.2) is 99.7 Å². The van der Waals surface area contributed by atoms with Gasteiger partial charge < -0.3 is 28.0 Å². The summed E-state index contributed by atoms with van der Waals surface area (Å²) in [7, 11) is -8.42. The van der Waals surface area contributed by atoms with Gasteiger partial charge in [0.15, 0.2) is 22.1 Å². The Kier molecular flexibility index (Phi) is 15.5. The largest absolute Gasteiger partial charge is 0.491 e. The maximum Gasteiger partial charge on any atom is 0.339 e. The Morgan fingerprint density at radius 3 is 2.27 bits per heavy atom. The number of ether oxygens (including phenoxy) is 4. The molecule has 3 saturated heterocycles. The summed E-state index contributed by atoms with van der Waals surface area (Å²) in [6.45, 7) is 13.1. The van der Waals surface area contributed by atoms with E-state index in [9.17, 15) is 37.7 Å². The Bertz CT molecular complexity index is 3590. The number of carbonyl (C=O) groups is 4. The fourth-order valence-electron chi connectivity index (χ4n) is 13.9. The first-order valence-corrected chi connectivity index (χ1v) is 34.4. The maximum atomic E-state index is 15.4. The standard InChI is InChI=1S/C59H69N5O15S2Si/c1-9-47(65)63-46-25-27-57(36-50(68)77-33-34-82(6,7)8)26-14-30-61-31-28-59(46,56(57)61)40-35-41(53(78-48(66)10-2)54(76-5)52(40)63)58-29-32-62(80(71,72)45-18-12-11-16-42(45)64(69)70)43(23-24-49(67)75-4)55(58)60-51-39(58)15-13-17-44(51)79-81(73,74)38-21-19-37(3)20-22-38/h11-13,15-22,25,27,35,43,46,56H,9-10,14,23-24,26,28-34,36H2,1-8H3/t43-,46-,56-,57-,58-,59-/m1/s1. The molecule has 1 aliphatic carbocycles. The molecule has 4 aromatic rings. The fraction of sp³-hybridized carbons (Fsp3) is 0.475. The molecule has 5 heterocycles. The third-order valence-electron chi connectivity index (χ3n) is 17.5. The average Bonchev–Trinajstić information content (AvgIpc) is 1.52. The Morgan fingerprint density at radius 2 is 1.59 bits per heavy atom. The summed E-state index contributed by atoms with van der Waals surface area (Å²) in [5.41, 5.74) is -1.69. The summed E-state index contributed by atoms with van der Waals surface area (Å²) in [6.07, 6.45) is 5.23. The summed E-state index contributed by atoms with van der Waals surface area (Å²) in [5.74, 6) is -2.30. The second-order valence-corrected chi connectivity index (χ2v) is 32.4. The van der Waals surface area contributed by atoms with Crippen LogP contribution < -0.4 is 18.6 Å². The SMILES string of the molecule is CCC(=O)Oc1c([C@]23CCN(S(=O)(=O)c4ccccc4[N+](=O)[O-])[C@H](CCC(=O)OC)C2=Nc2c(OS(=O)(=O)c4ccc(C)cc4)cccc23)cc2c(c1OC)N(C(=O)CC)[C@@H]1C=C[C@@]3(CC(=O)OCC[Si](C)(C)C)CCCN4CC[C@@]21[C@H]43. The number of amides is 1. The van der Waals surface area contributed by atoms with Crippen molar-refractivity contribution in [3.63, 3.8) is 0 Å². The van der Waals surface area contributed by atoms with Gasteiger partial charge in [-0.05, 0) is 99.6 Å². The highest BCUT2D eigenvalue weighted by atomic mass is 32.2. The number of hydrogen-bond acceptors (Lipinski definition) is 17. The Labute approximate surface area is 479 Å². The summed E-state index contributed by atoms with van der Waals surface area (Å²) < 4.78 is 90.6. The molecule has 4 aromatic carbocycles. The molecule has 10 rings (SSSR count). The average molecular weight is 1180 g/mol. The number of fused-ring (bicyclic) bond motifs is 4. The zero-order valence-electron chi connectivity index (χ0n) is 47.4. The molecule has 23 heteroatoms. The van der Waals surface area contributed by atoms with E-state index in [2.05, 4.69) is 30.6 Å². The number of methoxy groups -OCH3 is 2. The van der Waals surface area contributed by atoms with Crippen molar-refractivity contribution < 1.29 is 64.1 Å². The van der Waals surface area contributed by atoms with Crippen LogP contribution in [0.5, 0.6) is 17.2 Å². The van der Waals surface area contributed by atoms with Gasteiger partial charge in [0.1, 0.15) is 10.6 Å². The second kappa shape index (κ2) is 21.8. The summed E-state index contributed by atoms with van der Waals surface area (Å²) in [5, 5.41) is 12.6. The number of benzene rings is 4. The number of piperidine rings is 2. The van der Waals surface area contributed by atoms with Crippen molar-refractivity contribution in [1.29, 1.82) is 0 Å². The minimum absolute atomic E-state index is 0.0150. The van der Waals surface area contributed by atoms with Gasteiger partial charge in [0.05, 0.1) is 61.1 Å². The van der Waals surface area contributed by atoms with E-state index < -0.39 is 84.0 Å². The van der Waals surface area contributed by atoms with Crippen molar-refractivity contribution in [2.45, 2.75) is 143 Å². The van der Waals surface area contributed by atoms with Gasteiger partial charge in [0.25, 0.3) is 15.7 Å². The molecule has 5 aliphatic heterocycles. The number of esters is 3. The molecule has 20 nitrogen and oxygen atoms in total. The van der Waals surface area contributed by atoms with Gasteiger partial charge in [-0.15, -0.1) is 0 Å². The van der Waals surface area contributed by atoms with Gasteiger partial charge in [-0.2, -0.15) is 12.7 Å². The number of nitrogens with zero attached hydrogens (tertiary/aromatic N) is 5. The van der Waals surface area contributed by atoms with Crippen molar-refractivity contribution in [3.8, 4) is 17.2 Å². The lowest BCUT2D eigenvalue weighted by atomic mass is 9.54. The lowest BCUT2D eigenvalue weighted by molar-refractivity contribution is -0.387. The van der Waals surface area contributed by atoms with Crippen molar-refractivity contribution in [1.82, 2.24) is 9.21 Å². The van der Waals surface area contributed by atoms with Gasteiger partial charge in [-0.25, -0.2) is 8.42 Å². The van der Waals surface area contributed by atoms with Gasteiger partial charge in [0.2, 0.25) is 5.91 Å². The summed E-state index contributed by atoms with van der Waals surface area (Å²) >= 11 is 0. The molecule has 0 saturated carbocycles. The third-order valence-corrected chi connectivity index (χ3v) is 22.4. The highest BCUT2D eigenvalue weighted by Crippen LogP contribution is 2.68. The molecule has 0 aromatic heterocycles. The monoisotopic (exact) mass is 1180 g/mol. The first kappa shape index (κ1) is 58.4. The van der Waals surface area contributed by atoms with Gasteiger partial charge in [-0.3, -0.25) is 39.2 Å². The van der Waals surface area contributed by atoms with Crippen LogP contribution >= 0.6 is 0 Å². The quantitative estimate of drug-likeness (QED) is 0.0162. The van der Waals surface area contributed by atoms with Crippen LogP contribution in [0.3, 0.4) is 0 Å². The van der Waals surface area contributed by atoms with Gasteiger partial charge in [-0.1, -0.05) is 87.6 Å². The first-order valence-electron chi connectivity index (χ1n) is 27.9. The molecule has 436 valence electrons. The predicted molar refractivity (Wildman–Crippen MR) is 307 cm³/mol. The number of nitro benzene ring substituents is 1. The topological polar surface area (TPSA) is 248 Å². The number of hydrogen-bond donors (Lipinski definition) is 0. The predicted octanol–water partition coefficient (Wildman–Crippen LogP) is 8.84. The second-order valence-electron chi connectivity index (χ2n) is 23.3. The molecule has 0 unspecified atom stereocenters. The number of para-hydroxylation sites is 2. The van der Waals surface area contributed by atoms with E-state index >= 15 is 8.42 Å². The van der Waals surface area contributed by atoms with Gasteiger partial charge in [0, 0.05) is 62.4 Å². The molecular weight excluding hydrogens is 1110 g/mol. The third kappa shape index (κ3) is 9.62. The highest BCUT2D eigenvalue weighted by molar-refractivity contribution is 7.89. The molecule has 82 heavy (non-hydrogen) atoms.